The second-order valence-corrected chi connectivity index (χ2v) is 6.42. The number of nitrogens with one attached hydrogen (secondary N) is 1. The highest BCUT2D eigenvalue weighted by Crippen LogP contribution is 2.22. The van der Waals surface area contributed by atoms with Gasteiger partial charge in [-0.3, -0.25) is 4.79 Å². The van der Waals surface area contributed by atoms with Crippen LogP contribution in [0.25, 0.3) is 11.5 Å². The summed E-state index contributed by atoms with van der Waals surface area (Å²) >= 11 is 1.26. The van der Waals surface area contributed by atoms with Gasteiger partial charge in [0.05, 0.1) is 5.75 Å². The van der Waals surface area contributed by atoms with Gasteiger partial charge in [0.1, 0.15) is 0 Å². The minimum Gasteiger partial charge on any atom is -0.411 e. The van der Waals surface area contributed by atoms with Crippen molar-refractivity contribution in [3.05, 3.63) is 30.3 Å². The van der Waals surface area contributed by atoms with Gasteiger partial charge in [0.25, 0.3) is 5.22 Å². The van der Waals surface area contributed by atoms with E-state index < -0.39 is 0 Å². The largest absolute Gasteiger partial charge is 0.411 e. The summed E-state index contributed by atoms with van der Waals surface area (Å²) < 4.78 is 5.57. The molecule has 0 aliphatic heterocycles. The zero-order valence-corrected chi connectivity index (χ0v) is 14.4. The van der Waals surface area contributed by atoms with E-state index in [4.69, 9.17) is 4.42 Å². The molecule has 0 aliphatic rings. The summed E-state index contributed by atoms with van der Waals surface area (Å²) in [5.74, 6) is 0.758. The van der Waals surface area contributed by atoms with E-state index in [9.17, 15) is 4.79 Å². The number of hydrogen-bond acceptors (Lipinski definition) is 5. The van der Waals surface area contributed by atoms with Crippen LogP contribution in [0.4, 0.5) is 0 Å². The Morgan fingerprint density at radius 2 is 2.04 bits per heavy atom. The molecule has 0 radical (unpaired) electrons. The second-order valence-electron chi connectivity index (χ2n) is 5.49. The molecule has 1 unspecified atom stereocenters. The number of aromatic nitrogens is 2. The second kappa shape index (κ2) is 9.35. The molecule has 0 bridgehead atoms. The molecular weight excluding hydrogens is 310 g/mol. The van der Waals surface area contributed by atoms with Crippen LogP contribution in [0, 0.1) is 0 Å². The van der Waals surface area contributed by atoms with Crippen molar-refractivity contribution in [1.82, 2.24) is 15.5 Å². The minimum atomic E-state index is -0.00143. The van der Waals surface area contributed by atoms with Gasteiger partial charge < -0.3 is 9.73 Å². The molecule has 23 heavy (non-hydrogen) atoms. The number of benzene rings is 1. The third-order valence-electron chi connectivity index (χ3n) is 3.40. The maximum absolute atomic E-state index is 11.9. The molecule has 1 amide bonds. The van der Waals surface area contributed by atoms with Gasteiger partial charge >= 0.3 is 0 Å². The predicted molar refractivity (Wildman–Crippen MR) is 92.2 cm³/mol. The van der Waals surface area contributed by atoms with Crippen molar-refractivity contribution in [2.75, 3.05) is 5.75 Å². The maximum Gasteiger partial charge on any atom is 0.277 e. The number of rotatable bonds is 9. The number of unbranched alkanes of at least 4 members (excludes halogenated alkanes) is 2. The Morgan fingerprint density at radius 1 is 1.26 bits per heavy atom. The zero-order chi connectivity index (χ0) is 16.5. The van der Waals surface area contributed by atoms with Crippen molar-refractivity contribution in [3.63, 3.8) is 0 Å². The van der Waals surface area contributed by atoms with Crippen molar-refractivity contribution < 1.29 is 9.21 Å². The van der Waals surface area contributed by atoms with Crippen LogP contribution in [0.3, 0.4) is 0 Å². The van der Waals surface area contributed by atoms with Crippen LogP contribution in [0.1, 0.15) is 39.5 Å². The first-order valence-electron chi connectivity index (χ1n) is 8.00. The molecule has 6 heteroatoms. The van der Waals surface area contributed by atoms with Crippen LogP contribution in [-0.4, -0.2) is 27.9 Å². The minimum absolute atomic E-state index is 0.00143. The molecule has 0 saturated carbocycles. The number of nitrogens with zero attached hydrogens (tertiary/aromatic N) is 2. The average molecular weight is 333 g/mol. The van der Waals surface area contributed by atoms with E-state index in [1.54, 1.807) is 0 Å². The molecule has 1 N–H and O–H groups in total. The molecule has 1 atom stereocenters. The Balaban J connectivity index is 1.75. The Kier molecular flexibility index (Phi) is 7.13. The fourth-order valence-corrected chi connectivity index (χ4v) is 2.76. The number of carbonyl (C=O) groups is 1. The number of amides is 1. The number of hydrogen-bond donors (Lipinski definition) is 1. The summed E-state index contributed by atoms with van der Waals surface area (Å²) in [6.07, 6.45) is 4.56. The quantitative estimate of drug-likeness (QED) is 0.556. The smallest absolute Gasteiger partial charge is 0.277 e. The van der Waals surface area contributed by atoms with Gasteiger partial charge in [-0.15, -0.1) is 10.2 Å². The molecular formula is C17H23N3O2S. The Bertz CT molecular complexity index is 601. The summed E-state index contributed by atoms with van der Waals surface area (Å²) in [6.45, 7) is 4.21. The van der Waals surface area contributed by atoms with Gasteiger partial charge in [-0.05, 0) is 25.5 Å². The lowest BCUT2D eigenvalue weighted by Gasteiger charge is -2.12. The molecule has 2 rings (SSSR count). The third-order valence-corrected chi connectivity index (χ3v) is 4.22. The van der Waals surface area contributed by atoms with Gasteiger partial charge in [0.15, 0.2) is 0 Å². The maximum atomic E-state index is 11.9. The van der Waals surface area contributed by atoms with Gasteiger partial charge in [-0.2, -0.15) is 0 Å². The Morgan fingerprint density at radius 3 is 2.78 bits per heavy atom. The lowest BCUT2D eigenvalue weighted by molar-refractivity contribution is -0.119. The molecule has 1 aromatic carbocycles. The molecule has 0 spiro atoms. The van der Waals surface area contributed by atoms with Gasteiger partial charge in [-0.1, -0.05) is 56.1 Å². The van der Waals surface area contributed by atoms with Crippen molar-refractivity contribution in [2.45, 2.75) is 50.8 Å². The molecule has 0 saturated heterocycles. The Hall–Kier alpha value is -1.82. The summed E-state index contributed by atoms with van der Waals surface area (Å²) in [6, 6.07) is 9.79. The van der Waals surface area contributed by atoms with E-state index in [1.165, 1.54) is 24.6 Å². The topological polar surface area (TPSA) is 68.0 Å². The van der Waals surface area contributed by atoms with Crippen LogP contribution in [0.2, 0.25) is 0 Å². The van der Waals surface area contributed by atoms with Crippen LogP contribution >= 0.6 is 11.8 Å². The molecule has 0 aliphatic carbocycles. The van der Waals surface area contributed by atoms with Crippen LogP contribution in [0.5, 0.6) is 0 Å². The summed E-state index contributed by atoms with van der Waals surface area (Å²) in [5.41, 5.74) is 0.876. The lowest BCUT2D eigenvalue weighted by Crippen LogP contribution is -2.33. The monoisotopic (exact) mass is 333 g/mol. The standard InChI is InChI=1S/C17H23N3O2S/c1-3-4-6-9-13(2)18-15(21)12-23-17-20-19-16(22-17)14-10-7-5-8-11-14/h5,7-8,10-11,13H,3-4,6,9,12H2,1-2H3,(H,18,21). The first-order chi connectivity index (χ1) is 11.2. The normalized spacial score (nSPS) is 12.1. The third kappa shape index (κ3) is 6.06. The fraction of sp³-hybridized carbons (Fsp3) is 0.471. The first-order valence-corrected chi connectivity index (χ1v) is 8.98. The highest BCUT2D eigenvalue weighted by atomic mass is 32.2. The fourth-order valence-electron chi connectivity index (χ4n) is 2.18. The highest BCUT2D eigenvalue weighted by Gasteiger charge is 2.12. The predicted octanol–water partition coefficient (Wildman–Crippen LogP) is 3.91. The summed E-state index contributed by atoms with van der Waals surface area (Å²) in [7, 11) is 0. The van der Waals surface area contributed by atoms with Crippen LogP contribution in [0.15, 0.2) is 40.0 Å². The molecule has 5 nitrogen and oxygen atoms in total. The van der Waals surface area contributed by atoms with Crippen molar-refractivity contribution >= 4 is 17.7 Å². The first kappa shape index (κ1) is 17.5. The summed E-state index contributed by atoms with van der Waals surface area (Å²) in [5, 5.41) is 11.4. The number of thioether (sulfide) groups is 1. The van der Waals surface area contributed by atoms with Crippen molar-refractivity contribution in [1.29, 1.82) is 0 Å². The molecule has 124 valence electrons. The van der Waals surface area contributed by atoms with Gasteiger partial charge in [0.2, 0.25) is 11.8 Å². The van der Waals surface area contributed by atoms with Crippen molar-refractivity contribution in [3.8, 4) is 11.5 Å². The average Bonchev–Trinajstić information content (AvgIpc) is 3.03. The molecule has 1 heterocycles. The molecule has 0 fully saturated rings. The van der Waals surface area contributed by atoms with Crippen LogP contribution < -0.4 is 5.32 Å². The SMILES string of the molecule is CCCCCC(C)NC(=O)CSc1nnc(-c2ccccc2)o1. The van der Waals surface area contributed by atoms with E-state index in [0.29, 0.717) is 11.1 Å². The van der Waals surface area contributed by atoms with Crippen LogP contribution in [-0.2, 0) is 4.79 Å². The Labute approximate surface area is 141 Å². The van der Waals surface area contributed by atoms with E-state index >= 15 is 0 Å². The summed E-state index contributed by atoms with van der Waals surface area (Å²) in [4.78, 5) is 11.9. The number of carbonyl (C=O) groups excluding carboxylic acids is 1. The lowest BCUT2D eigenvalue weighted by atomic mass is 10.1. The molecule has 1 aromatic heterocycles. The van der Waals surface area contributed by atoms with E-state index in [-0.39, 0.29) is 17.7 Å². The van der Waals surface area contributed by atoms with Gasteiger partial charge in [-0.25, -0.2) is 0 Å². The van der Waals surface area contributed by atoms with E-state index in [0.717, 1.165) is 18.4 Å². The van der Waals surface area contributed by atoms with Crippen molar-refractivity contribution in [2.24, 2.45) is 0 Å². The van der Waals surface area contributed by atoms with E-state index in [1.807, 2.05) is 37.3 Å². The zero-order valence-electron chi connectivity index (χ0n) is 13.6. The molecule has 2 aromatic rings. The highest BCUT2D eigenvalue weighted by molar-refractivity contribution is 7.99. The van der Waals surface area contributed by atoms with E-state index in [2.05, 4.69) is 22.4 Å². The van der Waals surface area contributed by atoms with Gasteiger partial charge in [0, 0.05) is 11.6 Å².